The lowest BCUT2D eigenvalue weighted by molar-refractivity contribution is 0.536. The summed E-state index contributed by atoms with van der Waals surface area (Å²) in [4.78, 5) is 0.281. The molecule has 0 aliphatic rings. The van der Waals surface area contributed by atoms with E-state index in [0.717, 1.165) is 11.3 Å². The van der Waals surface area contributed by atoms with E-state index in [2.05, 4.69) is 10.6 Å². The third-order valence-corrected chi connectivity index (χ3v) is 3.83. The number of hydrogen-bond donors (Lipinski definition) is 3. The lowest BCUT2D eigenvalue weighted by Crippen LogP contribution is -2.28. The molecule has 0 amide bonds. The second kappa shape index (κ2) is 8.67. The molecule has 0 aromatic heterocycles. The van der Waals surface area contributed by atoms with Crippen LogP contribution in [0.25, 0.3) is 0 Å². The molecule has 0 bridgehead atoms. The average Bonchev–Trinajstić information content (AvgIpc) is 2.50. The van der Waals surface area contributed by atoms with Crippen molar-refractivity contribution in [2.75, 3.05) is 25.1 Å². The molecule has 126 valence electrons. The van der Waals surface area contributed by atoms with Gasteiger partial charge >= 0.3 is 0 Å². The number of rotatable bonds is 4. The maximum atomic E-state index is 10.9. The quantitative estimate of drug-likeness (QED) is 0.591. The van der Waals surface area contributed by atoms with E-state index in [1.807, 2.05) is 52.2 Å². The second-order valence-electron chi connectivity index (χ2n) is 5.60. The molecule has 0 aliphatic heterocycles. The maximum absolute atomic E-state index is 10.9. The van der Waals surface area contributed by atoms with Crippen LogP contribution in [0.2, 0.25) is 0 Å². The van der Waals surface area contributed by atoms with Crippen molar-refractivity contribution in [1.82, 2.24) is 5.32 Å². The Morgan fingerprint density at radius 1 is 1.04 bits per heavy atom. The molecule has 0 spiro atoms. The van der Waals surface area contributed by atoms with Crippen molar-refractivity contribution in [3.63, 3.8) is 0 Å². The summed E-state index contributed by atoms with van der Waals surface area (Å²) in [5.41, 5.74) is 8.08. The van der Waals surface area contributed by atoms with Gasteiger partial charge in [-0.15, -0.1) is 0 Å². The Morgan fingerprint density at radius 2 is 1.57 bits per heavy atom. The van der Waals surface area contributed by atoms with Gasteiger partial charge in [0.15, 0.2) is 0 Å². The fourth-order valence-corrected chi connectivity index (χ4v) is 2.36. The molecule has 1 atom stereocenters. The maximum Gasteiger partial charge on any atom is 0.0580 e. The van der Waals surface area contributed by atoms with Gasteiger partial charge in [0.05, 0.1) is 16.9 Å². The van der Waals surface area contributed by atoms with Gasteiger partial charge in [0.2, 0.25) is 0 Å². The normalized spacial score (nSPS) is 12.0. The molecule has 0 aliphatic carbocycles. The number of nitrogen functional groups attached to an aromatic ring is 1. The molecule has 1 unspecified atom stereocenters. The van der Waals surface area contributed by atoms with Crippen LogP contribution in [0.5, 0.6) is 0 Å². The van der Waals surface area contributed by atoms with E-state index in [4.69, 9.17) is 5.73 Å². The van der Waals surface area contributed by atoms with Crippen molar-refractivity contribution in [3.05, 3.63) is 54.1 Å². The third kappa shape index (κ3) is 5.67. The molecule has 5 nitrogen and oxygen atoms in total. The Balaban J connectivity index is 0.000000816. The molecule has 23 heavy (non-hydrogen) atoms. The van der Waals surface area contributed by atoms with Crippen LogP contribution in [0.1, 0.15) is 19.4 Å². The van der Waals surface area contributed by atoms with E-state index in [1.54, 1.807) is 24.3 Å². The van der Waals surface area contributed by atoms with Crippen LogP contribution in [0.3, 0.4) is 0 Å². The lowest BCUT2D eigenvalue weighted by Gasteiger charge is -2.29. The van der Waals surface area contributed by atoms with Gasteiger partial charge in [-0.25, -0.2) is 0 Å². The zero-order valence-electron chi connectivity index (χ0n) is 13.9. The highest BCUT2D eigenvalue weighted by molar-refractivity contribution is 7.79. The predicted octanol–water partition coefficient (Wildman–Crippen LogP) is 2.69. The van der Waals surface area contributed by atoms with Crippen molar-refractivity contribution in [2.45, 2.75) is 24.3 Å². The van der Waals surface area contributed by atoms with Crippen molar-refractivity contribution < 1.29 is 8.76 Å². The molecule has 6 heteroatoms. The first-order chi connectivity index (χ1) is 10.8. The number of hydrogen-bond acceptors (Lipinski definition) is 5. The van der Waals surface area contributed by atoms with Crippen LogP contribution < -0.4 is 16.4 Å². The summed E-state index contributed by atoms with van der Waals surface area (Å²) in [6.45, 7) is 4.03. The Morgan fingerprint density at radius 3 is 2.04 bits per heavy atom. The Labute approximate surface area is 140 Å². The number of benzene rings is 2. The van der Waals surface area contributed by atoms with Crippen molar-refractivity contribution in [2.24, 2.45) is 0 Å². The van der Waals surface area contributed by atoms with Crippen molar-refractivity contribution in [1.29, 1.82) is 0 Å². The van der Waals surface area contributed by atoms with Crippen molar-refractivity contribution in [3.8, 4) is 0 Å². The first-order valence-electron chi connectivity index (χ1n) is 7.22. The fraction of sp³-hybridized carbons (Fsp3) is 0.294. The number of para-hydroxylation sites is 2. The van der Waals surface area contributed by atoms with Crippen LogP contribution >= 0.6 is 0 Å². The molecule has 0 radical (unpaired) electrons. The Hall–Kier alpha value is -1.89. The standard InChI is InChI=1S/C15H18N2O2S.C2H7N/c1-15(2,17-14-6-4-3-5-13(14)16)11-7-9-12(10-8-11)20(18)19;1-3-2/h3-10,17H,16H2,1-2H3,(H,18,19);3H,1-2H3/p-1. The van der Waals surface area contributed by atoms with Crippen LogP contribution in [0, 0.1) is 0 Å². The molecule has 0 saturated heterocycles. The number of nitrogens with one attached hydrogen (secondary N) is 2. The van der Waals surface area contributed by atoms with E-state index in [0.29, 0.717) is 5.69 Å². The van der Waals surface area contributed by atoms with E-state index < -0.39 is 11.1 Å². The van der Waals surface area contributed by atoms with Gasteiger partial charge in [0.25, 0.3) is 0 Å². The summed E-state index contributed by atoms with van der Waals surface area (Å²) >= 11 is -2.20. The van der Waals surface area contributed by atoms with Crippen LogP contribution in [-0.4, -0.2) is 22.9 Å². The smallest absolute Gasteiger partial charge is 0.0580 e. The van der Waals surface area contributed by atoms with Gasteiger partial charge in [-0.3, -0.25) is 4.21 Å². The van der Waals surface area contributed by atoms with Crippen LogP contribution in [0.4, 0.5) is 11.4 Å². The summed E-state index contributed by atoms with van der Waals surface area (Å²) in [5, 5.41) is 6.12. The summed E-state index contributed by atoms with van der Waals surface area (Å²) in [6.07, 6.45) is 0. The summed E-state index contributed by atoms with van der Waals surface area (Å²) in [7, 11) is 3.75. The topological polar surface area (TPSA) is 90.2 Å². The Bertz CT molecular complexity index is 643. The highest BCUT2D eigenvalue weighted by Gasteiger charge is 2.20. The average molecular weight is 334 g/mol. The first kappa shape index (κ1) is 19.2. The van der Waals surface area contributed by atoms with Gasteiger partial charge in [-0.05, 0) is 68.9 Å². The third-order valence-electron chi connectivity index (χ3n) is 3.18. The molecule has 2 aromatic rings. The van der Waals surface area contributed by atoms with Gasteiger partial charge in [0.1, 0.15) is 0 Å². The van der Waals surface area contributed by atoms with Gasteiger partial charge in [-0.1, -0.05) is 24.3 Å². The SMILES string of the molecule is CC(C)(Nc1ccccc1N)c1ccc(S(=O)[O-])cc1.CNC. The minimum Gasteiger partial charge on any atom is -0.768 e. The minimum absolute atomic E-state index is 0.281. The van der Waals surface area contributed by atoms with Gasteiger partial charge in [-0.2, -0.15) is 0 Å². The molecule has 0 heterocycles. The largest absolute Gasteiger partial charge is 0.768 e. The minimum atomic E-state index is -2.20. The fourth-order valence-electron chi connectivity index (χ4n) is 2.00. The Kier molecular flexibility index (Phi) is 7.22. The van der Waals surface area contributed by atoms with E-state index in [9.17, 15) is 8.76 Å². The molecule has 0 fully saturated rings. The molecule has 0 saturated carbocycles. The van der Waals surface area contributed by atoms with Gasteiger partial charge in [0, 0.05) is 4.90 Å². The molecular weight excluding hydrogens is 310 g/mol. The van der Waals surface area contributed by atoms with Crippen LogP contribution in [-0.2, 0) is 16.6 Å². The zero-order valence-corrected chi connectivity index (χ0v) is 14.7. The molecule has 2 rings (SSSR count). The molecule has 2 aromatic carbocycles. The van der Waals surface area contributed by atoms with Gasteiger partial charge < -0.3 is 20.9 Å². The van der Waals surface area contributed by atoms with E-state index >= 15 is 0 Å². The highest BCUT2D eigenvalue weighted by atomic mass is 32.2. The molecular formula is C17H24N3O2S-. The first-order valence-corrected chi connectivity index (χ1v) is 8.30. The number of nitrogens with two attached hydrogens (primary N) is 1. The molecule has 4 N–H and O–H groups in total. The highest BCUT2D eigenvalue weighted by Crippen LogP contribution is 2.29. The zero-order chi connectivity index (χ0) is 17.5. The van der Waals surface area contributed by atoms with Crippen LogP contribution in [0.15, 0.2) is 53.4 Å². The summed E-state index contributed by atoms with van der Waals surface area (Å²) in [6, 6.07) is 14.3. The summed E-state index contributed by atoms with van der Waals surface area (Å²) < 4.78 is 21.7. The van der Waals surface area contributed by atoms with E-state index in [-0.39, 0.29) is 10.4 Å². The predicted molar refractivity (Wildman–Crippen MR) is 96.1 cm³/mol. The van der Waals surface area contributed by atoms with E-state index in [1.165, 1.54) is 0 Å². The monoisotopic (exact) mass is 334 g/mol. The lowest BCUT2D eigenvalue weighted by atomic mass is 9.94. The summed E-state index contributed by atoms with van der Waals surface area (Å²) in [5.74, 6) is 0. The number of anilines is 2. The second-order valence-corrected chi connectivity index (χ2v) is 6.54. The van der Waals surface area contributed by atoms with Crippen molar-refractivity contribution >= 4 is 22.5 Å².